The minimum Gasteiger partial charge on any atom is -0.380 e. The standard InChI is InChI=1S/C7H5F3N2O2S/c8-7(9,10)6(13)14-12-5(11)4-2-1-3-15-4/h1-3H,(H2,11,12). The summed E-state index contributed by atoms with van der Waals surface area (Å²) < 4.78 is 35.0. The Morgan fingerprint density at radius 2 is 2.20 bits per heavy atom. The van der Waals surface area contributed by atoms with Gasteiger partial charge in [-0.1, -0.05) is 11.2 Å². The van der Waals surface area contributed by atoms with Gasteiger partial charge in [-0.2, -0.15) is 13.2 Å². The highest BCUT2D eigenvalue weighted by molar-refractivity contribution is 7.12. The molecule has 0 aromatic carbocycles. The number of hydrogen-bond donors (Lipinski definition) is 1. The van der Waals surface area contributed by atoms with E-state index in [-0.39, 0.29) is 5.84 Å². The zero-order valence-electron chi connectivity index (χ0n) is 7.12. The van der Waals surface area contributed by atoms with Crippen LogP contribution in [0.3, 0.4) is 0 Å². The first kappa shape index (κ1) is 11.5. The fourth-order valence-electron chi connectivity index (χ4n) is 0.612. The van der Waals surface area contributed by atoms with Gasteiger partial charge in [-0.05, 0) is 11.4 Å². The summed E-state index contributed by atoms with van der Waals surface area (Å²) in [6, 6.07) is 3.17. The van der Waals surface area contributed by atoms with Crippen LogP contribution in [0.5, 0.6) is 0 Å². The zero-order valence-corrected chi connectivity index (χ0v) is 7.93. The smallest absolute Gasteiger partial charge is 0.380 e. The third-order valence-electron chi connectivity index (χ3n) is 1.23. The van der Waals surface area contributed by atoms with E-state index in [2.05, 4.69) is 9.99 Å². The van der Waals surface area contributed by atoms with E-state index in [4.69, 9.17) is 5.73 Å². The molecule has 0 fully saturated rings. The van der Waals surface area contributed by atoms with E-state index in [1.807, 2.05) is 0 Å². The summed E-state index contributed by atoms with van der Waals surface area (Å²) in [5.74, 6) is -2.68. The van der Waals surface area contributed by atoms with E-state index >= 15 is 0 Å². The van der Waals surface area contributed by atoms with Gasteiger partial charge in [0, 0.05) is 0 Å². The normalized spacial score (nSPS) is 12.6. The summed E-state index contributed by atoms with van der Waals surface area (Å²) in [5, 5.41) is 4.52. The highest BCUT2D eigenvalue weighted by Gasteiger charge is 2.41. The van der Waals surface area contributed by atoms with Crippen molar-refractivity contribution in [1.82, 2.24) is 0 Å². The molecule has 1 heterocycles. The zero-order chi connectivity index (χ0) is 11.5. The molecule has 0 saturated carbocycles. The molecule has 0 aliphatic rings. The second-order valence-corrected chi connectivity index (χ2v) is 3.28. The Morgan fingerprint density at radius 3 is 2.67 bits per heavy atom. The first-order valence-electron chi connectivity index (χ1n) is 3.57. The number of carbonyl (C=O) groups excluding carboxylic acids is 1. The lowest BCUT2D eigenvalue weighted by molar-refractivity contribution is -0.199. The van der Waals surface area contributed by atoms with Crippen LogP contribution in [0.4, 0.5) is 13.2 Å². The third kappa shape index (κ3) is 3.24. The molecule has 1 aromatic rings. The van der Waals surface area contributed by atoms with Crippen molar-refractivity contribution in [2.24, 2.45) is 10.9 Å². The molecule has 0 unspecified atom stereocenters. The molecule has 82 valence electrons. The lowest BCUT2D eigenvalue weighted by Crippen LogP contribution is -2.25. The van der Waals surface area contributed by atoms with Gasteiger partial charge in [0.2, 0.25) is 0 Å². The van der Waals surface area contributed by atoms with E-state index in [1.165, 1.54) is 6.07 Å². The number of amidine groups is 1. The molecule has 0 saturated heterocycles. The molecule has 0 bridgehead atoms. The van der Waals surface area contributed by atoms with E-state index < -0.39 is 12.1 Å². The van der Waals surface area contributed by atoms with Gasteiger partial charge >= 0.3 is 12.1 Å². The number of thiophene rings is 1. The average molecular weight is 238 g/mol. The SMILES string of the molecule is N/C(=N\OC(=O)C(F)(F)F)c1cccs1. The molecule has 0 amide bonds. The van der Waals surface area contributed by atoms with Gasteiger partial charge in [0.05, 0.1) is 4.88 Å². The molecule has 1 aromatic heterocycles. The minimum absolute atomic E-state index is 0.275. The second-order valence-electron chi connectivity index (χ2n) is 2.33. The van der Waals surface area contributed by atoms with E-state index in [0.29, 0.717) is 4.88 Å². The summed E-state index contributed by atoms with van der Waals surface area (Å²) in [6.45, 7) is 0. The lowest BCUT2D eigenvalue weighted by atomic mass is 10.4. The fourth-order valence-corrected chi connectivity index (χ4v) is 1.23. The summed E-state index contributed by atoms with van der Waals surface area (Å²) >= 11 is 1.16. The monoisotopic (exact) mass is 238 g/mol. The molecule has 0 atom stereocenters. The maximum atomic E-state index is 11.7. The average Bonchev–Trinajstić information content (AvgIpc) is 2.64. The molecule has 15 heavy (non-hydrogen) atoms. The first-order chi connectivity index (χ1) is 6.91. The second kappa shape index (κ2) is 4.30. The molecular weight excluding hydrogens is 233 g/mol. The van der Waals surface area contributed by atoms with Gasteiger partial charge in [0.15, 0.2) is 5.84 Å². The van der Waals surface area contributed by atoms with Crippen molar-refractivity contribution < 1.29 is 22.8 Å². The number of nitrogens with two attached hydrogens (primary N) is 1. The molecule has 4 nitrogen and oxygen atoms in total. The van der Waals surface area contributed by atoms with Crippen molar-refractivity contribution in [2.45, 2.75) is 6.18 Å². The topological polar surface area (TPSA) is 64.7 Å². The van der Waals surface area contributed by atoms with Crippen molar-refractivity contribution in [3.8, 4) is 0 Å². The quantitative estimate of drug-likeness (QED) is 0.367. The number of nitrogens with zero attached hydrogens (tertiary/aromatic N) is 1. The van der Waals surface area contributed by atoms with Crippen molar-refractivity contribution in [3.63, 3.8) is 0 Å². The largest absolute Gasteiger partial charge is 0.493 e. The molecule has 0 aliphatic carbocycles. The molecule has 0 radical (unpaired) electrons. The molecule has 2 N–H and O–H groups in total. The van der Waals surface area contributed by atoms with Crippen molar-refractivity contribution in [1.29, 1.82) is 0 Å². The van der Waals surface area contributed by atoms with Gasteiger partial charge in [-0.3, -0.25) is 0 Å². The van der Waals surface area contributed by atoms with Crippen LogP contribution < -0.4 is 5.73 Å². The number of halogens is 3. The van der Waals surface area contributed by atoms with Crippen LogP contribution in [0.1, 0.15) is 4.88 Å². The van der Waals surface area contributed by atoms with Crippen molar-refractivity contribution in [2.75, 3.05) is 0 Å². The number of carbonyl (C=O) groups is 1. The molecule has 8 heteroatoms. The predicted molar refractivity (Wildman–Crippen MR) is 47.2 cm³/mol. The Balaban J connectivity index is 2.63. The predicted octanol–water partition coefficient (Wildman–Crippen LogP) is 1.47. The van der Waals surface area contributed by atoms with Crippen molar-refractivity contribution >= 4 is 23.1 Å². The molecular formula is C7H5F3N2O2S. The van der Waals surface area contributed by atoms with E-state index in [0.717, 1.165) is 11.3 Å². The number of alkyl halides is 3. The van der Waals surface area contributed by atoms with Gasteiger partial charge in [-0.15, -0.1) is 11.3 Å². The molecule has 1 rings (SSSR count). The van der Waals surface area contributed by atoms with Crippen LogP contribution in [0.15, 0.2) is 22.7 Å². The summed E-state index contributed by atoms with van der Waals surface area (Å²) in [7, 11) is 0. The van der Waals surface area contributed by atoms with Gasteiger partial charge in [-0.25, -0.2) is 4.79 Å². The maximum Gasteiger partial charge on any atom is 0.493 e. The minimum atomic E-state index is -5.07. The summed E-state index contributed by atoms with van der Waals surface area (Å²) in [4.78, 5) is 14.3. The van der Waals surface area contributed by atoms with Crippen LogP contribution >= 0.6 is 11.3 Å². The van der Waals surface area contributed by atoms with Crippen LogP contribution in [-0.2, 0) is 9.63 Å². The van der Waals surface area contributed by atoms with E-state index in [1.54, 1.807) is 11.4 Å². The van der Waals surface area contributed by atoms with Gasteiger partial charge < -0.3 is 10.6 Å². The molecule has 0 aliphatic heterocycles. The number of oxime groups is 1. The van der Waals surface area contributed by atoms with E-state index in [9.17, 15) is 18.0 Å². The summed E-state index contributed by atoms with van der Waals surface area (Å²) in [6.07, 6.45) is -5.07. The maximum absolute atomic E-state index is 11.7. The number of rotatable bonds is 2. The van der Waals surface area contributed by atoms with Crippen LogP contribution in [0.2, 0.25) is 0 Å². The van der Waals surface area contributed by atoms with Gasteiger partial charge in [0.1, 0.15) is 0 Å². The van der Waals surface area contributed by atoms with Crippen LogP contribution in [-0.4, -0.2) is 18.0 Å². The third-order valence-corrected chi connectivity index (χ3v) is 2.12. The Morgan fingerprint density at radius 1 is 1.53 bits per heavy atom. The summed E-state index contributed by atoms with van der Waals surface area (Å²) in [5.41, 5.74) is 5.25. The highest BCUT2D eigenvalue weighted by atomic mass is 32.1. The fraction of sp³-hybridized carbons (Fsp3) is 0.143. The Labute approximate surface area is 86.1 Å². The number of hydrogen-bond acceptors (Lipinski definition) is 4. The van der Waals surface area contributed by atoms with Crippen LogP contribution in [0, 0.1) is 0 Å². The van der Waals surface area contributed by atoms with Crippen LogP contribution in [0.25, 0.3) is 0 Å². The lowest BCUT2D eigenvalue weighted by Gasteiger charge is -2.01. The highest BCUT2D eigenvalue weighted by Crippen LogP contribution is 2.16. The Bertz CT molecular complexity index is 372. The Kier molecular flexibility index (Phi) is 3.30. The van der Waals surface area contributed by atoms with Gasteiger partial charge in [0.25, 0.3) is 0 Å². The Hall–Kier alpha value is -1.57. The molecule has 0 spiro atoms. The first-order valence-corrected chi connectivity index (χ1v) is 4.44. The van der Waals surface area contributed by atoms with Crippen molar-refractivity contribution in [3.05, 3.63) is 22.4 Å².